The lowest BCUT2D eigenvalue weighted by molar-refractivity contribution is -0.167. The first-order chi connectivity index (χ1) is 35.0. The molecule has 0 aliphatic heterocycles. The van der Waals surface area contributed by atoms with Crippen molar-refractivity contribution in [2.45, 2.75) is 232 Å². The number of allylic oxidation sites excluding steroid dienone is 24. The van der Waals surface area contributed by atoms with Crippen LogP contribution in [-0.2, 0) is 28.6 Å². The fourth-order valence-corrected chi connectivity index (χ4v) is 7.18. The monoisotopic (exact) mass is 979 g/mol. The van der Waals surface area contributed by atoms with E-state index in [1.54, 1.807) is 0 Å². The molecule has 0 saturated carbocycles. The molecule has 1 unspecified atom stereocenters. The van der Waals surface area contributed by atoms with Gasteiger partial charge >= 0.3 is 17.9 Å². The van der Waals surface area contributed by atoms with Gasteiger partial charge < -0.3 is 14.2 Å². The third-order valence-corrected chi connectivity index (χ3v) is 11.3. The molecule has 6 heteroatoms. The van der Waals surface area contributed by atoms with Crippen molar-refractivity contribution >= 4 is 17.9 Å². The summed E-state index contributed by atoms with van der Waals surface area (Å²) in [4.78, 5) is 38.2. The van der Waals surface area contributed by atoms with Crippen LogP contribution in [0.3, 0.4) is 0 Å². The number of esters is 3. The van der Waals surface area contributed by atoms with Crippen molar-refractivity contribution in [3.8, 4) is 0 Å². The van der Waals surface area contributed by atoms with E-state index in [-0.39, 0.29) is 37.5 Å². The van der Waals surface area contributed by atoms with Gasteiger partial charge in [0.1, 0.15) is 13.2 Å². The van der Waals surface area contributed by atoms with E-state index in [1.807, 2.05) is 0 Å². The number of rotatable bonds is 49. The Labute approximate surface area is 436 Å². The van der Waals surface area contributed by atoms with Crippen molar-refractivity contribution in [2.75, 3.05) is 13.2 Å². The minimum Gasteiger partial charge on any atom is -0.462 e. The van der Waals surface area contributed by atoms with Crippen molar-refractivity contribution in [3.63, 3.8) is 0 Å². The van der Waals surface area contributed by atoms with Crippen LogP contribution in [-0.4, -0.2) is 37.2 Å². The molecule has 0 aliphatic carbocycles. The maximum Gasteiger partial charge on any atom is 0.306 e. The lowest BCUT2D eigenvalue weighted by Gasteiger charge is -2.18. The van der Waals surface area contributed by atoms with Gasteiger partial charge in [0.15, 0.2) is 6.10 Å². The second-order valence-corrected chi connectivity index (χ2v) is 18.0. The number of unbranched alkanes of at least 4 members (excludes halogenated alkanes) is 14. The van der Waals surface area contributed by atoms with Gasteiger partial charge in [0.05, 0.1) is 0 Å². The van der Waals surface area contributed by atoms with Gasteiger partial charge in [-0.3, -0.25) is 14.4 Å². The zero-order valence-corrected chi connectivity index (χ0v) is 45.4. The summed E-state index contributed by atoms with van der Waals surface area (Å²) in [6, 6.07) is 0. The standard InChI is InChI=1S/C65H102O6/c1-4-7-10-13-16-19-22-25-28-31-32-35-37-40-43-46-49-52-55-58-64(67)70-61-62(71-65(68)59-56-53-50-47-44-41-38-34-30-27-24-21-18-15-12-9-6-3)60-69-63(66)57-54-51-48-45-42-39-36-33-29-26-23-20-17-14-11-8-5-2/h7-12,16-21,25-30,32,35,38,40-41,43,62H,4-6,13-15,22-24,31,33-34,36-37,39,42,44-61H2,1-3H3/b10-7-,11-8-,12-9-,19-16-,20-17-,21-18-,28-25-,29-26-,30-27-,35-32-,41-38-,43-40-. The van der Waals surface area contributed by atoms with Gasteiger partial charge in [-0.05, 0) is 135 Å². The van der Waals surface area contributed by atoms with Gasteiger partial charge in [0.2, 0.25) is 0 Å². The number of ether oxygens (including phenoxy) is 3. The second kappa shape index (κ2) is 57.9. The third kappa shape index (κ3) is 56.1. The highest BCUT2D eigenvalue weighted by Gasteiger charge is 2.19. The molecule has 0 aromatic rings. The van der Waals surface area contributed by atoms with Crippen molar-refractivity contribution in [3.05, 3.63) is 146 Å². The number of hydrogen-bond acceptors (Lipinski definition) is 6. The Morgan fingerprint density at radius 1 is 0.282 bits per heavy atom. The van der Waals surface area contributed by atoms with Gasteiger partial charge in [-0.25, -0.2) is 0 Å². The predicted octanol–water partition coefficient (Wildman–Crippen LogP) is 19.2. The number of carbonyl (C=O) groups is 3. The van der Waals surface area contributed by atoms with E-state index in [0.29, 0.717) is 12.8 Å². The molecule has 0 fully saturated rings. The Balaban J connectivity index is 4.54. The lowest BCUT2D eigenvalue weighted by Crippen LogP contribution is -2.30. The van der Waals surface area contributed by atoms with E-state index in [2.05, 4.69) is 167 Å². The third-order valence-electron chi connectivity index (χ3n) is 11.3. The van der Waals surface area contributed by atoms with E-state index in [9.17, 15) is 14.4 Å². The molecule has 0 aromatic heterocycles. The molecule has 0 N–H and O–H groups in total. The SMILES string of the molecule is CC/C=C\C/C=C\C/C=C\C/C=C\C/C=C\CCCCCC(=O)OCC(COC(=O)CCCCCCCCC/C=C\C/C=C\C/C=C\CC)OC(=O)CCCCCC/C=C\C/C=C\C/C=C\C/C=C\CC. The van der Waals surface area contributed by atoms with Crippen LogP contribution in [0.2, 0.25) is 0 Å². The summed E-state index contributed by atoms with van der Waals surface area (Å²) in [5.41, 5.74) is 0. The first kappa shape index (κ1) is 66.3. The first-order valence-electron chi connectivity index (χ1n) is 28.3. The normalized spacial score (nSPS) is 13.2. The van der Waals surface area contributed by atoms with Gasteiger partial charge in [0.25, 0.3) is 0 Å². The van der Waals surface area contributed by atoms with E-state index in [1.165, 1.54) is 25.7 Å². The largest absolute Gasteiger partial charge is 0.462 e. The van der Waals surface area contributed by atoms with Crippen molar-refractivity contribution in [1.29, 1.82) is 0 Å². The first-order valence-corrected chi connectivity index (χ1v) is 28.3. The Bertz CT molecular complexity index is 1590. The quantitative estimate of drug-likeness (QED) is 0.0262. The Morgan fingerprint density at radius 3 is 0.803 bits per heavy atom. The fraction of sp³-hybridized carbons (Fsp3) is 0.585. The average Bonchev–Trinajstić information content (AvgIpc) is 3.37. The zero-order valence-electron chi connectivity index (χ0n) is 45.4. The molecule has 0 aliphatic rings. The molecule has 0 amide bonds. The maximum absolute atomic E-state index is 12.9. The molecule has 398 valence electrons. The smallest absolute Gasteiger partial charge is 0.306 e. The summed E-state index contributed by atoms with van der Waals surface area (Å²) in [6.45, 7) is 6.23. The fourth-order valence-electron chi connectivity index (χ4n) is 7.18. The molecule has 0 rings (SSSR count). The van der Waals surface area contributed by atoms with Crippen LogP contribution in [0.1, 0.15) is 226 Å². The molecule has 6 nitrogen and oxygen atoms in total. The average molecular weight is 980 g/mol. The summed E-state index contributed by atoms with van der Waals surface area (Å²) in [5, 5.41) is 0. The maximum atomic E-state index is 12.9. The van der Waals surface area contributed by atoms with Gasteiger partial charge in [-0.2, -0.15) is 0 Å². The Morgan fingerprint density at radius 2 is 0.507 bits per heavy atom. The minimum absolute atomic E-state index is 0.110. The van der Waals surface area contributed by atoms with Crippen LogP contribution in [0.15, 0.2) is 146 Å². The van der Waals surface area contributed by atoms with Crippen LogP contribution >= 0.6 is 0 Å². The molecule has 0 spiro atoms. The van der Waals surface area contributed by atoms with E-state index in [0.717, 1.165) is 161 Å². The van der Waals surface area contributed by atoms with Crippen molar-refractivity contribution in [2.24, 2.45) is 0 Å². The predicted molar refractivity (Wildman–Crippen MR) is 306 cm³/mol. The Kier molecular flexibility index (Phi) is 54.0. The molecule has 1 atom stereocenters. The summed E-state index contributed by atoms with van der Waals surface area (Å²) in [5.74, 6) is -0.983. The van der Waals surface area contributed by atoms with E-state index in [4.69, 9.17) is 14.2 Å². The van der Waals surface area contributed by atoms with Crippen LogP contribution < -0.4 is 0 Å². The lowest BCUT2D eigenvalue weighted by atomic mass is 10.1. The van der Waals surface area contributed by atoms with Gasteiger partial charge in [-0.1, -0.05) is 218 Å². The molecule has 0 bridgehead atoms. The number of hydrogen-bond donors (Lipinski definition) is 0. The minimum atomic E-state index is -0.817. The van der Waals surface area contributed by atoms with Gasteiger partial charge in [0, 0.05) is 19.3 Å². The highest BCUT2D eigenvalue weighted by Crippen LogP contribution is 2.13. The highest BCUT2D eigenvalue weighted by atomic mass is 16.6. The molecule has 0 aromatic carbocycles. The molecular formula is C65H102O6. The van der Waals surface area contributed by atoms with Crippen LogP contribution in [0.25, 0.3) is 0 Å². The van der Waals surface area contributed by atoms with E-state index < -0.39 is 6.10 Å². The summed E-state index contributed by atoms with van der Waals surface area (Å²) >= 11 is 0. The van der Waals surface area contributed by atoms with E-state index >= 15 is 0 Å². The van der Waals surface area contributed by atoms with Crippen LogP contribution in [0.5, 0.6) is 0 Å². The zero-order chi connectivity index (χ0) is 51.4. The van der Waals surface area contributed by atoms with Crippen LogP contribution in [0.4, 0.5) is 0 Å². The second-order valence-electron chi connectivity index (χ2n) is 18.0. The highest BCUT2D eigenvalue weighted by molar-refractivity contribution is 5.71. The summed E-state index contributed by atoms with van der Waals surface area (Å²) in [6.07, 6.45) is 82.6. The molecule has 71 heavy (non-hydrogen) atoms. The molecular weight excluding hydrogens is 877 g/mol. The van der Waals surface area contributed by atoms with Crippen LogP contribution in [0, 0.1) is 0 Å². The van der Waals surface area contributed by atoms with Gasteiger partial charge in [-0.15, -0.1) is 0 Å². The Hall–Kier alpha value is -4.71. The topological polar surface area (TPSA) is 78.9 Å². The summed E-state index contributed by atoms with van der Waals surface area (Å²) < 4.78 is 16.8. The molecule has 0 saturated heterocycles. The molecule has 0 radical (unpaired) electrons. The molecule has 0 heterocycles. The van der Waals surface area contributed by atoms with Crippen molar-refractivity contribution in [1.82, 2.24) is 0 Å². The summed E-state index contributed by atoms with van der Waals surface area (Å²) in [7, 11) is 0. The van der Waals surface area contributed by atoms with Crippen molar-refractivity contribution < 1.29 is 28.6 Å². The number of carbonyl (C=O) groups excluding carboxylic acids is 3.